The van der Waals surface area contributed by atoms with Gasteiger partial charge in [0.25, 0.3) is 16.4 Å². The number of hydrogen-bond acceptors (Lipinski definition) is 5. The molecule has 0 fully saturated rings. The van der Waals surface area contributed by atoms with Crippen molar-refractivity contribution in [1.82, 2.24) is 4.98 Å². The van der Waals surface area contributed by atoms with Gasteiger partial charge in [-0.3, -0.25) is 0 Å². The monoisotopic (exact) mass is 534 g/mol. The Kier molecular flexibility index (Phi) is 11.9. The second-order valence-electron chi connectivity index (χ2n) is 5.93. The van der Waals surface area contributed by atoms with E-state index in [4.69, 9.17) is 0 Å². The van der Waals surface area contributed by atoms with Gasteiger partial charge in [0.1, 0.15) is 9.78 Å². The summed E-state index contributed by atoms with van der Waals surface area (Å²) in [4.78, 5) is 4.07. The minimum atomic E-state index is -4.37. The molecule has 30 heavy (non-hydrogen) atoms. The van der Waals surface area contributed by atoms with E-state index in [-0.39, 0.29) is 55.7 Å². The molecule has 2 heterocycles. The van der Waals surface area contributed by atoms with Gasteiger partial charge in [0.05, 0.1) is 11.6 Å². The number of sulfonamides is 1. The van der Waals surface area contributed by atoms with Crippen LogP contribution in [0.4, 0.5) is 14.6 Å². The summed E-state index contributed by atoms with van der Waals surface area (Å²) in [6.45, 7) is 6.63. The molecule has 1 aliphatic heterocycles. The zero-order valence-electron chi connectivity index (χ0n) is 17.8. The smallest absolute Gasteiger partial charge is 0.270 e. The second-order valence-corrected chi connectivity index (χ2v) is 8.81. The number of aryl methyl sites for hydroxylation is 2. The van der Waals surface area contributed by atoms with Gasteiger partial charge in [-0.15, -0.1) is 11.3 Å². The number of fused-ring (bicyclic) bond motifs is 1. The summed E-state index contributed by atoms with van der Waals surface area (Å²) in [5, 5.41) is 11.3. The Bertz CT molecular complexity index is 976. The molecule has 165 valence electrons. The van der Waals surface area contributed by atoms with E-state index in [1.165, 1.54) is 0 Å². The van der Waals surface area contributed by atoms with Crippen molar-refractivity contribution in [2.24, 2.45) is 0 Å². The Balaban J connectivity index is 0.00000204. The number of nitrogens with zero attached hydrogens (tertiary/aromatic N) is 2. The summed E-state index contributed by atoms with van der Waals surface area (Å²) in [5.41, 5.74) is 0.914. The average Bonchev–Trinajstić information content (AvgIpc) is 3.06. The van der Waals surface area contributed by atoms with Crippen LogP contribution in [0.2, 0.25) is 0 Å². The van der Waals surface area contributed by atoms with Crippen molar-refractivity contribution in [3.63, 3.8) is 0 Å². The third-order valence-electron chi connectivity index (χ3n) is 4.03. The standard InChI is InChI=1S/C17H18F2N2O3S2.C2H6.CH3.Y/c1-3-6-13-20-17-15(25-13)14(22)16(11-8-5-4-7-10(11)2)26(23,24)21(17)9-12(18)19;1-2;;/h4-5,7-8,12,22H,3,6,9H2,1-2H3;1-2H3;1H3;/q;;-1;. The van der Waals surface area contributed by atoms with Crippen LogP contribution in [-0.4, -0.2) is 31.5 Å². The minimum Gasteiger partial charge on any atom is -0.505 e. The number of halogens is 2. The molecule has 0 bridgehead atoms. The van der Waals surface area contributed by atoms with Gasteiger partial charge in [0.15, 0.2) is 11.6 Å². The van der Waals surface area contributed by atoms with Gasteiger partial charge in [0.2, 0.25) is 0 Å². The van der Waals surface area contributed by atoms with Crippen molar-refractivity contribution in [3.05, 3.63) is 52.7 Å². The Morgan fingerprint density at radius 1 is 1.23 bits per heavy atom. The van der Waals surface area contributed by atoms with Crippen molar-refractivity contribution in [2.75, 3.05) is 10.8 Å². The van der Waals surface area contributed by atoms with E-state index >= 15 is 0 Å². The predicted octanol–water partition coefficient (Wildman–Crippen LogP) is 5.68. The number of aliphatic hydroxyl groups excluding tert-OH is 1. The first-order valence-corrected chi connectivity index (χ1v) is 11.3. The van der Waals surface area contributed by atoms with Crippen LogP contribution in [0.3, 0.4) is 0 Å². The Labute approximate surface area is 207 Å². The SMILES string of the molecule is CC.CCCc1nc2c(s1)C(O)=C(c1ccccc1C)S(=O)(=O)N2CC(F)F.[CH3-].[Y]. The summed E-state index contributed by atoms with van der Waals surface area (Å²) in [5.74, 6) is -0.548. The quantitative estimate of drug-likeness (QED) is 0.502. The molecule has 5 nitrogen and oxygen atoms in total. The number of rotatable bonds is 5. The maximum atomic E-state index is 13.1. The van der Waals surface area contributed by atoms with Gasteiger partial charge in [0, 0.05) is 38.3 Å². The number of benzene rings is 1. The molecule has 0 saturated heterocycles. The number of aliphatic hydroxyl groups is 1. The molecule has 3 rings (SSSR count). The van der Waals surface area contributed by atoms with E-state index in [1.54, 1.807) is 31.2 Å². The van der Waals surface area contributed by atoms with E-state index in [9.17, 15) is 22.3 Å². The van der Waals surface area contributed by atoms with E-state index in [1.807, 2.05) is 20.8 Å². The number of thiazole rings is 1. The van der Waals surface area contributed by atoms with Gasteiger partial charge >= 0.3 is 0 Å². The van der Waals surface area contributed by atoms with Crippen LogP contribution in [0.5, 0.6) is 0 Å². The van der Waals surface area contributed by atoms with Gasteiger partial charge in [-0.05, 0) is 25.3 Å². The van der Waals surface area contributed by atoms with Gasteiger partial charge in [-0.25, -0.2) is 26.5 Å². The third kappa shape index (κ3) is 5.66. The third-order valence-corrected chi connectivity index (χ3v) is 6.97. The van der Waals surface area contributed by atoms with E-state index in [0.717, 1.165) is 17.8 Å². The van der Waals surface area contributed by atoms with Crippen LogP contribution in [0.25, 0.3) is 10.7 Å². The van der Waals surface area contributed by atoms with Crippen LogP contribution >= 0.6 is 11.3 Å². The Morgan fingerprint density at radius 2 is 1.83 bits per heavy atom. The zero-order valence-corrected chi connectivity index (χ0v) is 22.3. The molecule has 2 aromatic rings. The first-order valence-electron chi connectivity index (χ1n) is 9.07. The fraction of sp³-hybridized carbons (Fsp3) is 0.400. The molecule has 0 unspecified atom stereocenters. The van der Waals surface area contributed by atoms with E-state index < -0.39 is 28.8 Å². The summed E-state index contributed by atoms with van der Waals surface area (Å²) >= 11 is 1.13. The van der Waals surface area contributed by atoms with Gasteiger partial charge < -0.3 is 12.5 Å². The summed E-state index contributed by atoms with van der Waals surface area (Å²) < 4.78 is 53.0. The van der Waals surface area contributed by atoms with Crippen molar-refractivity contribution >= 4 is 37.8 Å². The molecular formula is C20H27F2N2O3S2Y-. The maximum absolute atomic E-state index is 13.1. The first-order chi connectivity index (χ1) is 13.3. The van der Waals surface area contributed by atoms with Crippen LogP contribution in [0.1, 0.15) is 48.2 Å². The normalized spacial score (nSPS) is 14.3. The number of anilines is 1. The average molecular weight is 534 g/mol. The van der Waals surface area contributed by atoms with Crippen LogP contribution in [0, 0.1) is 14.4 Å². The summed E-state index contributed by atoms with van der Waals surface area (Å²) in [6.07, 6.45) is -1.52. The number of aromatic nitrogens is 1. The molecule has 0 spiro atoms. The molecule has 1 aromatic carbocycles. The topological polar surface area (TPSA) is 70.5 Å². The fourth-order valence-corrected chi connectivity index (χ4v) is 5.84. The Hall–Kier alpha value is -0.896. The van der Waals surface area contributed by atoms with Crippen LogP contribution in [-0.2, 0) is 49.2 Å². The molecule has 1 aliphatic rings. The van der Waals surface area contributed by atoms with E-state index in [0.29, 0.717) is 26.9 Å². The van der Waals surface area contributed by atoms with Crippen molar-refractivity contribution in [3.8, 4) is 0 Å². The van der Waals surface area contributed by atoms with Crippen LogP contribution in [0.15, 0.2) is 24.3 Å². The maximum Gasteiger partial charge on any atom is 0.270 e. The number of alkyl halides is 2. The molecule has 0 saturated carbocycles. The second kappa shape index (κ2) is 12.2. The minimum absolute atomic E-state index is 0. The Morgan fingerprint density at radius 3 is 2.37 bits per heavy atom. The molecule has 0 aliphatic carbocycles. The van der Waals surface area contributed by atoms with Crippen LogP contribution < -0.4 is 4.31 Å². The molecule has 1 N–H and O–H groups in total. The molecule has 0 amide bonds. The largest absolute Gasteiger partial charge is 0.505 e. The number of hydrogen-bond donors (Lipinski definition) is 1. The summed E-state index contributed by atoms with van der Waals surface area (Å²) in [6, 6.07) is 6.63. The van der Waals surface area contributed by atoms with Crippen molar-refractivity contribution in [1.29, 1.82) is 0 Å². The molecule has 1 aromatic heterocycles. The fourth-order valence-electron chi connectivity index (χ4n) is 2.85. The molecule has 1 radical (unpaired) electrons. The zero-order chi connectivity index (χ0) is 21.1. The van der Waals surface area contributed by atoms with E-state index in [2.05, 4.69) is 4.98 Å². The van der Waals surface area contributed by atoms with Gasteiger partial charge in [-0.2, -0.15) is 0 Å². The predicted molar refractivity (Wildman–Crippen MR) is 117 cm³/mol. The molecular weight excluding hydrogens is 507 g/mol. The first kappa shape index (κ1) is 29.1. The molecule has 0 atom stereocenters. The summed E-state index contributed by atoms with van der Waals surface area (Å²) in [7, 11) is -4.37. The van der Waals surface area contributed by atoms with Crippen molar-refractivity contribution in [2.45, 2.75) is 47.0 Å². The van der Waals surface area contributed by atoms with Gasteiger partial charge in [-0.1, -0.05) is 45.0 Å². The molecule has 10 heteroatoms. The van der Waals surface area contributed by atoms with Crippen molar-refractivity contribution < 1.29 is 55.0 Å².